The summed E-state index contributed by atoms with van der Waals surface area (Å²) in [5.41, 5.74) is 1.60. The van der Waals surface area contributed by atoms with Gasteiger partial charge in [-0.2, -0.15) is 0 Å². The highest BCUT2D eigenvalue weighted by Gasteiger charge is 2.28. The zero-order chi connectivity index (χ0) is 21.1. The Morgan fingerprint density at radius 1 is 0.966 bits per heavy atom. The first-order chi connectivity index (χ1) is 13.8. The maximum absolute atomic E-state index is 14.9. The molecule has 3 rings (SSSR count). The smallest absolute Gasteiger partial charge is 0.150 e. The van der Waals surface area contributed by atoms with E-state index in [0.717, 1.165) is 29.4 Å². The molecule has 2 aromatic rings. The molecular weight excluding hydrogens is 378 g/mol. The minimum atomic E-state index is -0.853. The predicted octanol–water partition coefficient (Wildman–Crippen LogP) is 7.58. The second kappa shape index (κ2) is 8.68. The molecule has 0 saturated heterocycles. The summed E-state index contributed by atoms with van der Waals surface area (Å²) >= 11 is 0. The van der Waals surface area contributed by atoms with Crippen molar-refractivity contribution in [3.8, 4) is 0 Å². The number of hydrogen-bond donors (Lipinski definition) is 0. The molecule has 1 fully saturated rings. The van der Waals surface area contributed by atoms with E-state index >= 15 is 0 Å². The average Bonchev–Trinajstić information content (AvgIpc) is 3.47. The van der Waals surface area contributed by atoms with E-state index in [2.05, 4.69) is 0 Å². The molecule has 0 spiro atoms. The Morgan fingerprint density at radius 3 is 2.10 bits per heavy atom. The van der Waals surface area contributed by atoms with E-state index in [1.807, 2.05) is 13.0 Å². The van der Waals surface area contributed by atoms with Gasteiger partial charge in [0, 0.05) is 5.70 Å². The van der Waals surface area contributed by atoms with Crippen molar-refractivity contribution in [2.24, 2.45) is 5.92 Å². The van der Waals surface area contributed by atoms with Crippen LogP contribution < -0.4 is 4.90 Å². The zero-order valence-electron chi connectivity index (χ0n) is 16.6. The van der Waals surface area contributed by atoms with Gasteiger partial charge in [-0.1, -0.05) is 12.1 Å². The van der Waals surface area contributed by atoms with Crippen LogP contribution in [-0.2, 0) is 0 Å². The number of halogens is 4. The molecule has 0 bridgehead atoms. The molecule has 1 saturated carbocycles. The van der Waals surface area contributed by atoms with Gasteiger partial charge in [0.25, 0.3) is 0 Å². The highest BCUT2D eigenvalue weighted by molar-refractivity contribution is 5.72. The molecule has 0 aromatic heterocycles. The number of nitrogens with zero attached hydrogens (tertiary/aromatic N) is 1. The van der Waals surface area contributed by atoms with Gasteiger partial charge in [0.2, 0.25) is 0 Å². The Kier molecular flexibility index (Phi) is 6.26. The summed E-state index contributed by atoms with van der Waals surface area (Å²) in [6, 6.07) is 6.71. The molecule has 0 N–H and O–H groups in total. The molecule has 0 unspecified atom stereocenters. The van der Waals surface area contributed by atoms with E-state index in [0.29, 0.717) is 17.0 Å². The topological polar surface area (TPSA) is 3.24 Å². The molecule has 152 valence electrons. The number of aryl methyl sites for hydroxylation is 2. The first-order valence-corrected chi connectivity index (χ1v) is 9.52. The molecule has 2 aromatic carbocycles. The van der Waals surface area contributed by atoms with Gasteiger partial charge in [-0.25, -0.2) is 17.6 Å². The van der Waals surface area contributed by atoms with Crippen LogP contribution in [0.25, 0.3) is 0 Å². The molecular formula is C24H23F4N. The Bertz CT molecular complexity index is 977. The molecule has 29 heavy (non-hydrogen) atoms. The lowest BCUT2D eigenvalue weighted by Gasteiger charge is -2.28. The molecule has 1 aliphatic carbocycles. The van der Waals surface area contributed by atoms with Crippen molar-refractivity contribution in [3.05, 3.63) is 94.7 Å². The minimum absolute atomic E-state index is 0.0622. The van der Waals surface area contributed by atoms with Crippen molar-refractivity contribution in [1.82, 2.24) is 0 Å². The predicted molar refractivity (Wildman–Crippen MR) is 109 cm³/mol. The van der Waals surface area contributed by atoms with Gasteiger partial charge >= 0.3 is 0 Å². The summed E-state index contributed by atoms with van der Waals surface area (Å²) in [7, 11) is 0. The lowest BCUT2D eigenvalue weighted by molar-refractivity contribution is 0.579. The first-order valence-electron chi connectivity index (χ1n) is 9.52. The van der Waals surface area contributed by atoms with Gasteiger partial charge in [0.05, 0.1) is 12.0 Å². The van der Waals surface area contributed by atoms with E-state index in [9.17, 15) is 17.6 Å². The van der Waals surface area contributed by atoms with Crippen LogP contribution in [0.15, 0.2) is 66.2 Å². The number of rotatable bonds is 6. The summed E-state index contributed by atoms with van der Waals surface area (Å²) in [6.07, 6.45) is 6.91. The third-order valence-electron chi connectivity index (χ3n) is 4.92. The van der Waals surface area contributed by atoms with Crippen LogP contribution in [0.3, 0.4) is 0 Å². The number of anilines is 2. The first kappa shape index (κ1) is 20.9. The highest BCUT2D eigenvalue weighted by atomic mass is 19.1. The summed E-state index contributed by atoms with van der Waals surface area (Å²) in [4.78, 5) is 1.10. The van der Waals surface area contributed by atoms with Crippen molar-refractivity contribution in [1.29, 1.82) is 0 Å². The van der Waals surface area contributed by atoms with Gasteiger partial charge in [-0.15, -0.1) is 0 Å². The molecule has 1 nitrogen and oxygen atoms in total. The van der Waals surface area contributed by atoms with E-state index in [1.54, 1.807) is 26.0 Å². The van der Waals surface area contributed by atoms with Crippen LogP contribution in [0.5, 0.6) is 0 Å². The molecule has 1 aliphatic rings. The maximum atomic E-state index is 14.9. The fraction of sp³-hybridized carbons (Fsp3) is 0.250. The van der Waals surface area contributed by atoms with Crippen LogP contribution in [-0.4, -0.2) is 0 Å². The summed E-state index contributed by atoms with van der Waals surface area (Å²) < 4.78 is 57.9. The van der Waals surface area contributed by atoms with Crippen LogP contribution in [0, 0.1) is 37.2 Å². The number of benzene rings is 2. The molecule has 0 radical (unpaired) electrons. The van der Waals surface area contributed by atoms with Gasteiger partial charge in [0.15, 0.2) is 0 Å². The second-order valence-electron chi connectivity index (χ2n) is 7.29. The van der Waals surface area contributed by atoms with Crippen LogP contribution in [0.1, 0.15) is 30.9 Å². The summed E-state index contributed by atoms with van der Waals surface area (Å²) in [5, 5.41) is 0. The fourth-order valence-corrected chi connectivity index (χ4v) is 3.36. The molecule has 5 heteroatoms. The summed E-state index contributed by atoms with van der Waals surface area (Å²) in [6.45, 7) is 5.13. The Morgan fingerprint density at radius 2 is 1.59 bits per heavy atom. The second-order valence-corrected chi connectivity index (χ2v) is 7.29. The zero-order valence-corrected chi connectivity index (χ0v) is 16.6. The van der Waals surface area contributed by atoms with Crippen LogP contribution in [0.2, 0.25) is 0 Å². The Balaban J connectivity index is 2.28. The van der Waals surface area contributed by atoms with Crippen molar-refractivity contribution >= 4 is 11.4 Å². The SMILES string of the molecule is C/C=C(/C=C(\C=C\F)N(c1ccc(C)cc1F)c1c(F)cc(C)cc1F)C1CC1. The monoisotopic (exact) mass is 401 g/mol. The standard InChI is InChI=1S/C24H23F4N/c1-4-17(18-6-7-18)14-19(9-10-25)29(23-8-5-15(2)11-20(23)26)24-21(27)12-16(3)13-22(24)28/h4-5,8-14,18H,6-7H2,1-3H3/b10-9+,17-4-,19-14+. The number of allylic oxidation sites excluding steroid dienone is 4. The Labute approximate surface area is 168 Å². The summed E-state index contributed by atoms with van der Waals surface area (Å²) in [5.74, 6) is -2.04. The maximum Gasteiger partial charge on any atom is 0.150 e. The average molecular weight is 401 g/mol. The van der Waals surface area contributed by atoms with Gasteiger partial charge < -0.3 is 4.90 Å². The third-order valence-corrected chi connectivity index (χ3v) is 4.92. The van der Waals surface area contributed by atoms with E-state index in [4.69, 9.17) is 0 Å². The van der Waals surface area contributed by atoms with Crippen LogP contribution >= 0.6 is 0 Å². The van der Waals surface area contributed by atoms with E-state index in [-0.39, 0.29) is 17.7 Å². The highest BCUT2D eigenvalue weighted by Crippen LogP contribution is 2.41. The normalized spacial score (nSPS) is 15.3. The van der Waals surface area contributed by atoms with Crippen molar-refractivity contribution in [2.75, 3.05) is 4.90 Å². The van der Waals surface area contributed by atoms with Crippen LogP contribution in [0.4, 0.5) is 28.9 Å². The van der Waals surface area contributed by atoms with Crippen molar-refractivity contribution in [2.45, 2.75) is 33.6 Å². The van der Waals surface area contributed by atoms with Gasteiger partial charge in [-0.3, -0.25) is 0 Å². The lowest BCUT2D eigenvalue weighted by Crippen LogP contribution is -2.20. The largest absolute Gasteiger partial charge is 0.302 e. The quantitative estimate of drug-likeness (QED) is 0.356. The molecule has 0 amide bonds. The van der Waals surface area contributed by atoms with Crippen molar-refractivity contribution < 1.29 is 17.6 Å². The minimum Gasteiger partial charge on any atom is -0.302 e. The molecule has 0 aliphatic heterocycles. The third kappa shape index (κ3) is 4.61. The molecule has 0 heterocycles. The lowest BCUT2D eigenvalue weighted by atomic mass is 10.1. The molecule has 0 atom stereocenters. The van der Waals surface area contributed by atoms with Gasteiger partial charge in [0.1, 0.15) is 23.1 Å². The van der Waals surface area contributed by atoms with Gasteiger partial charge in [-0.05, 0) is 92.6 Å². The van der Waals surface area contributed by atoms with E-state index < -0.39 is 23.1 Å². The van der Waals surface area contributed by atoms with E-state index in [1.165, 1.54) is 24.3 Å². The fourth-order valence-electron chi connectivity index (χ4n) is 3.36. The number of hydrogen-bond acceptors (Lipinski definition) is 1. The Hall–Kier alpha value is -2.82. The van der Waals surface area contributed by atoms with Crippen molar-refractivity contribution in [3.63, 3.8) is 0 Å².